The second-order valence-electron chi connectivity index (χ2n) is 8.96. The molecule has 3 saturated carbocycles. The van der Waals surface area contributed by atoms with Gasteiger partial charge in [0.2, 0.25) is 5.91 Å². The number of alkyl carbamates (subject to hydrolysis) is 1. The average Bonchev–Trinajstić information content (AvgIpc) is 3.34. The Labute approximate surface area is 161 Å². The number of rotatable bonds is 5. The van der Waals surface area contributed by atoms with E-state index >= 15 is 0 Å². The number of nitrogens with zero attached hydrogens (tertiary/aromatic N) is 1. The van der Waals surface area contributed by atoms with Crippen LogP contribution in [0.4, 0.5) is 4.79 Å². The lowest BCUT2D eigenvalue weighted by molar-refractivity contribution is -0.141. The summed E-state index contributed by atoms with van der Waals surface area (Å²) in [5.41, 5.74) is 3.30. The summed E-state index contributed by atoms with van der Waals surface area (Å²) in [6.07, 6.45) is 5.74. The lowest BCUT2D eigenvalue weighted by Crippen LogP contribution is -2.53. The Morgan fingerprint density at radius 1 is 1.11 bits per heavy atom. The number of benzene rings is 1. The second-order valence-corrected chi connectivity index (χ2v) is 8.96. The van der Waals surface area contributed by atoms with E-state index in [0.29, 0.717) is 30.2 Å². The van der Waals surface area contributed by atoms with E-state index < -0.39 is 6.09 Å². The third-order valence-electron chi connectivity index (χ3n) is 7.08. The number of carbonyl (C=O) groups excluding carboxylic acids is 2. The van der Waals surface area contributed by atoms with Gasteiger partial charge in [0.1, 0.15) is 0 Å². The maximum absolute atomic E-state index is 12.6. The summed E-state index contributed by atoms with van der Waals surface area (Å²) in [4.78, 5) is 25.8. The molecule has 0 atom stereocenters. The van der Waals surface area contributed by atoms with Crippen LogP contribution in [0.5, 0.6) is 0 Å². The molecular formula is C22H30N2O3. The molecule has 0 heterocycles. The van der Waals surface area contributed by atoms with Crippen molar-refractivity contribution in [3.63, 3.8) is 0 Å². The van der Waals surface area contributed by atoms with Crippen LogP contribution in [0.25, 0.3) is 0 Å². The van der Waals surface area contributed by atoms with Crippen LogP contribution in [0.1, 0.15) is 62.5 Å². The quantitative estimate of drug-likeness (QED) is 0.862. The van der Waals surface area contributed by atoms with Gasteiger partial charge in [-0.15, -0.1) is 0 Å². The summed E-state index contributed by atoms with van der Waals surface area (Å²) in [5, 5.41) is 2.76. The van der Waals surface area contributed by atoms with Gasteiger partial charge in [-0.2, -0.15) is 0 Å². The Kier molecular flexibility index (Phi) is 4.65. The molecule has 2 amide bonds. The van der Waals surface area contributed by atoms with Gasteiger partial charge in [0, 0.05) is 25.0 Å². The normalized spacial score (nSPS) is 30.5. The van der Waals surface area contributed by atoms with E-state index in [9.17, 15) is 9.59 Å². The number of amides is 2. The third-order valence-corrected chi connectivity index (χ3v) is 7.08. The van der Waals surface area contributed by atoms with Gasteiger partial charge in [-0.05, 0) is 61.0 Å². The molecule has 0 aromatic heterocycles. The van der Waals surface area contributed by atoms with Crippen molar-refractivity contribution in [2.45, 2.75) is 68.9 Å². The van der Waals surface area contributed by atoms with Crippen molar-refractivity contribution in [3.8, 4) is 0 Å². The largest absolute Gasteiger partial charge is 0.453 e. The van der Waals surface area contributed by atoms with Gasteiger partial charge in [-0.3, -0.25) is 4.79 Å². The lowest BCUT2D eigenvalue weighted by atomic mass is 9.73. The number of hydrogen-bond donors (Lipinski definition) is 1. The molecule has 3 fully saturated rings. The van der Waals surface area contributed by atoms with Gasteiger partial charge in [0.25, 0.3) is 0 Å². The number of carbonyl (C=O) groups is 2. The zero-order valence-corrected chi connectivity index (χ0v) is 16.5. The fraction of sp³-hybridized carbons (Fsp3) is 0.636. The lowest BCUT2D eigenvalue weighted by Gasteiger charge is -2.45. The monoisotopic (exact) mass is 370 g/mol. The van der Waals surface area contributed by atoms with Crippen LogP contribution in [0.15, 0.2) is 24.3 Å². The minimum absolute atomic E-state index is 0.0368. The van der Waals surface area contributed by atoms with E-state index in [4.69, 9.17) is 0 Å². The zero-order chi connectivity index (χ0) is 19.2. The van der Waals surface area contributed by atoms with E-state index in [-0.39, 0.29) is 17.9 Å². The second kappa shape index (κ2) is 6.84. The van der Waals surface area contributed by atoms with Crippen molar-refractivity contribution in [1.29, 1.82) is 0 Å². The van der Waals surface area contributed by atoms with Crippen LogP contribution in [0.2, 0.25) is 0 Å². The Bertz CT molecular complexity index is 714. The van der Waals surface area contributed by atoms with E-state index in [0.717, 1.165) is 12.8 Å². The zero-order valence-electron chi connectivity index (χ0n) is 16.5. The maximum atomic E-state index is 12.6. The van der Waals surface area contributed by atoms with Gasteiger partial charge in [-0.25, -0.2) is 4.79 Å². The molecule has 3 aliphatic carbocycles. The molecular weight excluding hydrogens is 340 g/mol. The first-order valence-corrected chi connectivity index (χ1v) is 10.1. The molecule has 0 spiro atoms. The minimum Gasteiger partial charge on any atom is -0.453 e. The van der Waals surface area contributed by atoms with E-state index in [2.05, 4.69) is 41.2 Å². The molecule has 0 radical (unpaired) electrons. The first-order chi connectivity index (χ1) is 12.9. The van der Waals surface area contributed by atoms with Crippen molar-refractivity contribution < 1.29 is 14.3 Å². The van der Waals surface area contributed by atoms with Crippen LogP contribution < -0.4 is 5.32 Å². The highest BCUT2D eigenvalue weighted by molar-refractivity contribution is 5.80. The Balaban J connectivity index is 1.23. The summed E-state index contributed by atoms with van der Waals surface area (Å²) in [6.45, 7) is 2.34. The Morgan fingerprint density at radius 2 is 1.74 bits per heavy atom. The number of nitrogens with one attached hydrogen (secondary N) is 1. The molecule has 0 aliphatic heterocycles. The smallest absolute Gasteiger partial charge is 0.407 e. The standard InChI is InChI=1S/C22H30N2O3/c1-22(8-9-22)17-6-4-14(5-7-17)15-12-19(13-15)24(2)20(25)16-10-18(11-16)23-21(26)27-3/h4-7,15-16,18-19H,8-13H2,1-3H3,(H,23,26). The molecule has 5 heteroatoms. The molecule has 0 unspecified atom stereocenters. The van der Waals surface area contributed by atoms with Crippen molar-refractivity contribution in [2.75, 3.05) is 14.2 Å². The summed E-state index contributed by atoms with van der Waals surface area (Å²) >= 11 is 0. The molecule has 3 aliphatic rings. The summed E-state index contributed by atoms with van der Waals surface area (Å²) in [5.74, 6) is 0.828. The van der Waals surface area contributed by atoms with Crippen LogP contribution in [0, 0.1) is 5.92 Å². The van der Waals surface area contributed by atoms with Crippen molar-refractivity contribution >= 4 is 12.0 Å². The number of methoxy groups -OCH3 is 1. The molecule has 0 bridgehead atoms. The van der Waals surface area contributed by atoms with E-state index in [1.165, 1.54) is 31.1 Å². The fourth-order valence-electron chi connectivity index (χ4n) is 4.44. The molecule has 1 aromatic rings. The molecule has 5 nitrogen and oxygen atoms in total. The number of ether oxygens (including phenoxy) is 1. The molecule has 1 N–H and O–H groups in total. The molecule has 1 aromatic carbocycles. The van der Waals surface area contributed by atoms with Crippen molar-refractivity contribution in [3.05, 3.63) is 35.4 Å². The summed E-state index contributed by atoms with van der Waals surface area (Å²) in [7, 11) is 3.29. The van der Waals surface area contributed by atoms with Gasteiger partial charge in [0.15, 0.2) is 0 Å². The minimum atomic E-state index is -0.414. The van der Waals surface area contributed by atoms with Gasteiger partial charge in [0.05, 0.1) is 7.11 Å². The number of hydrogen-bond acceptors (Lipinski definition) is 3. The van der Waals surface area contributed by atoms with Crippen LogP contribution in [-0.4, -0.2) is 43.1 Å². The topological polar surface area (TPSA) is 58.6 Å². The predicted molar refractivity (Wildman–Crippen MR) is 104 cm³/mol. The predicted octanol–water partition coefficient (Wildman–Crippen LogP) is 3.58. The van der Waals surface area contributed by atoms with Crippen LogP contribution in [0.3, 0.4) is 0 Å². The highest BCUT2D eigenvalue weighted by Gasteiger charge is 2.42. The Hall–Kier alpha value is -2.04. The van der Waals surface area contributed by atoms with Gasteiger partial charge < -0.3 is 15.0 Å². The molecule has 0 saturated heterocycles. The highest BCUT2D eigenvalue weighted by atomic mass is 16.5. The SMILES string of the molecule is COC(=O)NC1CC(C(=O)N(C)C2CC(c3ccc(C4(C)CC4)cc3)C2)C1. The molecule has 27 heavy (non-hydrogen) atoms. The maximum Gasteiger partial charge on any atom is 0.407 e. The molecule has 146 valence electrons. The summed E-state index contributed by atoms with van der Waals surface area (Å²) in [6, 6.07) is 9.59. The van der Waals surface area contributed by atoms with Gasteiger partial charge >= 0.3 is 6.09 Å². The van der Waals surface area contributed by atoms with Crippen LogP contribution >= 0.6 is 0 Å². The van der Waals surface area contributed by atoms with Gasteiger partial charge in [-0.1, -0.05) is 31.2 Å². The van der Waals surface area contributed by atoms with E-state index in [1.807, 2.05) is 11.9 Å². The molecule has 4 rings (SSSR count). The Morgan fingerprint density at radius 3 is 2.30 bits per heavy atom. The summed E-state index contributed by atoms with van der Waals surface area (Å²) < 4.78 is 4.60. The average molecular weight is 370 g/mol. The van der Waals surface area contributed by atoms with Crippen molar-refractivity contribution in [1.82, 2.24) is 10.2 Å². The van der Waals surface area contributed by atoms with E-state index in [1.54, 1.807) is 0 Å². The first-order valence-electron chi connectivity index (χ1n) is 10.1. The van der Waals surface area contributed by atoms with Crippen molar-refractivity contribution in [2.24, 2.45) is 5.92 Å². The fourth-order valence-corrected chi connectivity index (χ4v) is 4.44. The highest BCUT2D eigenvalue weighted by Crippen LogP contribution is 2.48. The first kappa shape index (κ1) is 18.3. The van der Waals surface area contributed by atoms with Crippen LogP contribution in [-0.2, 0) is 14.9 Å². The third kappa shape index (κ3) is 3.56.